The van der Waals surface area contributed by atoms with Crippen LogP contribution in [0.5, 0.6) is 0 Å². The fraction of sp³-hybridized carbons (Fsp3) is 0.200. The van der Waals surface area contributed by atoms with Gasteiger partial charge in [0.05, 0.1) is 0 Å². The van der Waals surface area contributed by atoms with Crippen molar-refractivity contribution in [1.29, 1.82) is 0 Å². The minimum Gasteiger partial charge on any atom is -1.00 e. The van der Waals surface area contributed by atoms with Crippen molar-refractivity contribution < 1.29 is 29.1 Å². The van der Waals surface area contributed by atoms with Crippen LogP contribution in [0.1, 0.15) is 9.27 Å². The zero-order chi connectivity index (χ0) is 3.54. The van der Waals surface area contributed by atoms with E-state index in [0.29, 0.717) is 0 Å². The van der Waals surface area contributed by atoms with Gasteiger partial charge in [0.2, 0.25) is 0 Å². The van der Waals surface area contributed by atoms with Crippen molar-refractivity contribution in [2.45, 2.75) is 6.42 Å². The van der Waals surface area contributed by atoms with Crippen LogP contribution in [0, 0.1) is 6.08 Å². The first-order valence-electron chi connectivity index (χ1n) is 1.72. The van der Waals surface area contributed by atoms with Crippen molar-refractivity contribution in [3.63, 3.8) is 0 Å². The zero-order valence-corrected chi connectivity index (χ0v) is 7.12. The number of hydrogen-bond acceptors (Lipinski definition) is 0. The molecule has 0 saturated heterocycles. The van der Waals surface area contributed by atoms with E-state index >= 15 is 0 Å². The van der Waals surface area contributed by atoms with Gasteiger partial charge >= 0.3 is 0 Å². The van der Waals surface area contributed by atoms with Crippen LogP contribution < -0.4 is 0 Å². The van der Waals surface area contributed by atoms with Gasteiger partial charge in [0.15, 0.2) is 0 Å². The topological polar surface area (TPSA) is 0 Å². The SMILES string of the molecule is Cl.[C-]1=CC=CC1.[H-].[H-].[Zr]. The van der Waals surface area contributed by atoms with E-state index in [1.165, 1.54) is 0 Å². The molecule has 0 aromatic carbocycles. The predicted octanol–water partition coefficient (Wildman–Crippen LogP) is 1.95. The molecule has 0 heterocycles. The Morgan fingerprint density at radius 2 is 2.29 bits per heavy atom. The molecule has 0 saturated carbocycles. The van der Waals surface area contributed by atoms with Crippen molar-refractivity contribution in [2.75, 3.05) is 0 Å². The molecular weight excluding hydrogens is 187 g/mol. The molecule has 42 valence electrons. The maximum atomic E-state index is 2.99. The number of rotatable bonds is 0. The summed E-state index contributed by atoms with van der Waals surface area (Å²) in [5.74, 6) is 0. The minimum atomic E-state index is 0. The van der Waals surface area contributed by atoms with Gasteiger partial charge in [0.1, 0.15) is 0 Å². The Kier molecular flexibility index (Phi) is 10.1. The van der Waals surface area contributed by atoms with Crippen LogP contribution in [0.2, 0.25) is 0 Å². The molecule has 1 rings (SSSR count). The minimum absolute atomic E-state index is 0. The molecule has 0 aromatic rings. The van der Waals surface area contributed by atoms with Crippen molar-refractivity contribution in [3.8, 4) is 0 Å². The quantitative estimate of drug-likeness (QED) is 0.518. The predicted molar refractivity (Wildman–Crippen MR) is 31.0 cm³/mol. The van der Waals surface area contributed by atoms with Gasteiger partial charge in [-0.05, 0) is 0 Å². The monoisotopic (exact) mass is 193 g/mol. The van der Waals surface area contributed by atoms with Gasteiger partial charge in [0.25, 0.3) is 0 Å². The van der Waals surface area contributed by atoms with Gasteiger partial charge in [-0.1, -0.05) is 0 Å². The van der Waals surface area contributed by atoms with E-state index in [1.807, 2.05) is 12.2 Å². The summed E-state index contributed by atoms with van der Waals surface area (Å²) in [6.07, 6.45) is 10.0. The molecule has 0 unspecified atom stereocenters. The molecule has 0 amide bonds. The standard InChI is InChI=1S/C5H5.ClH.Zr.2H/c1-2-4-5-3-1;;;;/h1-3H,4H2;1H;;;/q-1;;;2*-1. The van der Waals surface area contributed by atoms with Crippen LogP contribution in [-0.2, 0) is 26.2 Å². The first kappa shape index (κ1) is 10.6. The molecule has 0 aromatic heterocycles. The molecule has 7 heavy (non-hydrogen) atoms. The van der Waals surface area contributed by atoms with Crippen molar-refractivity contribution >= 4 is 12.4 Å². The summed E-state index contributed by atoms with van der Waals surface area (Å²) in [5.41, 5.74) is 0. The Hall–Kier alpha value is 0.653. The largest absolute Gasteiger partial charge is 1.00 e. The molecule has 0 bridgehead atoms. The number of hydrogen-bond donors (Lipinski definition) is 0. The average Bonchev–Trinajstić information content (AvgIpc) is 1.76. The van der Waals surface area contributed by atoms with Crippen molar-refractivity contribution in [3.05, 3.63) is 24.3 Å². The van der Waals surface area contributed by atoms with E-state index in [2.05, 4.69) is 12.2 Å². The fourth-order valence-electron chi connectivity index (χ4n) is 0.340. The van der Waals surface area contributed by atoms with Crippen LogP contribution >= 0.6 is 12.4 Å². The van der Waals surface area contributed by atoms with Crippen LogP contribution in [-0.4, -0.2) is 0 Å². The van der Waals surface area contributed by atoms with Gasteiger partial charge < -0.3 is 2.85 Å². The normalized spacial score (nSPS) is 12.6. The first-order valence-corrected chi connectivity index (χ1v) is 1.72. The summed E-state index contributed by atoms with van der Waals surface area (Å²) < 4.78 is 0. The Morgan fingerprint density at radius 3 is 2.43 bits per heavy atom. The van der Waals surface area contributed by atoms with E-state index in [1.54, 1.807) is 0 Å². The van der Waals surface area contributed by atoms with Crippen molar-refractivity contribution in [1.82, 2.24) is 0 Å². The van der Waals surface area contributed by atoms with E-state index in [9.17, 15) is 0 Å². The Morgan fingerprint density at radius 1 is 1.57 bits per heavy atom. The third-order valence-electron chi connectivity index (χ3n) is 0.586. The second-order valence-electron chi connectivity index (χ2n) is 1.00. The van der Waals surface area contributed by atoms with E-state index in [0.717, 1.165) is 6.42 Å². The van der Waals surface area contributed by atoms with Crippen LogP contribution in [0.15, 0.2) is 18.2 Å². The van der Waals surface area contributed by atoms with Gasteiger partial charge in [-0.15, -0.1) is 18.8 Å². The van der Waals surface area contributed by atoms with Gasteiger partial charge in [0, 0.05) is 26.2 Å². The van der Waals surface area contributed by atoms with E-state index < -0.39 is 0 Å². The van der Waals surface area contributed by atoms with Crippen molar-refractivity contribution in [2.24, 2.45) is 0 Å². The van der Waals surface area contributed by atoms with Gasteiger partial charge in [-0.25, -0.2) is 12.2 Å². The molecule has 0 atom stereocenters. The molecule has 0 aliphatic heterocycles. The smallest absolute Gasteiger partial charge is 0 e. The summed E-state index contributed by atoms with van der Waals surface area (Å²) in [5, 5.41) is 0. The number of halogens is 1. The third kappa shape index (κ3) is 4.51. The van der Waals surface area contributed by atoms with E-state index in [4.69, 9.17) is 0 Å². The maximum absolute atomic E-state index is 2.99. The summed E-state index contributed by atoms with van der Waals surface area (Å²) in [6, 6.07) is 0. The maximum Gasteiger partial charge on any atom is 0 e. The van der Waals surface area contributed by atoms with Crippen LogP contribution in [0.3, 0.4) is 0 Å². The third-order valence-corrected chi connectivity index (χ3v) is 0.586. The molecule has 0 nitrogen and oxygen atoms in total. The molecule has 0 fully saturated rings. The molecule has 1 aliphatic carbocycles. The Balaban J connectivity index is -0.0000000312. The second kappa shape index (κ2) is 6.65. The molecule has 1 aliphatic rings. The Labute approximate surface area is 72.2 Å². The Bertz CT molecular complexity index is 73.0. The summed E-state index contributed by atoms with van der Waals surface area (Å²) in [4.78, 5) is 0. The average molecular weight is 195 g/mol. The molecule has 0 radical (unpaired) electrons. The van der Waals surface area contributed by atoms with Gasteiger partial charge in [-0.3, -0.25) is 6.08 Å². The molecule has 2 heteroatoms. The van der Waals surface area contributed by atoms with Crippen LogP contribution in [0.4, 0.5) is 0 Å². The summed E-state index contributed by atoms with van der Waals surface area (Å²) >= 11 is 0. The molecule has 0 spiro atoms. The summed E-state index contributed by atoms with van der Waals surface area (Å²) in [7, 11) is 0. The fourth-order valence-corrected chi connectivity index (χ4v) is 0.340. The molecule has 0 N–H and O–H groups in total. The van der Waals surface area contributed by atoms with Gasteiger partial charge in [-0.2, -0.15) is 6.08 Å². The van der Waals surface area contributed by atoms with Crippen LogP contribution in [0.25, 0.3) is 0 Å². The summed E-state index contributed by atoms with van der Waals surface area (Å²) in [6.45, 7) is 0. The first-order chi connectivity index (χ1) is 2.50. The second-order valence-corrected chi connectivity index (χ2v) is 1.00. The van der Waals surface area contributed by atoms with E-state index in [-0.39, 0.29) is 41.5 Å². The zero-order valence-electron chi connectivity index (χ0n) is 5.85. The molecular formula is C5H8ClZr-3. The number of allylic oxidation sites excluding steroid dienone is 4.